The second-order valence-electron chi connectivity index (χ2n) is 5.06. The quantitative estimate of drug-likeness (QED) is 0.765. The highest BCUT2D eigenvalue weighted by atomic mass is 19.1. The molecule has 0 radical (unpaired) electrons. The molecule has 0 aliphatic rings. The second-order valence-corrected chi connectivity index (χ2v) is 5.06. The smallest absolute Gasteiger partial charge is 0.270 e. The number of halogens is 1. The maximum Gasteiger partial charge on any atom is 0.270 e. The van der Waals surface area contributed by atoms with Crippen molar-refractivity contribution >= 4 is 11.8 Å². The number of benzene rings is 1. The molecular weight excluding hydrogens is 309 g/mol. The molecule has 1 heterocycles. The Morgan fingerprint density at radius 3 is 2.58 bits per heavy atom. The Morgan fingerprint density at radius 1 is 1.12 bits per heavy atom. The number of nitrogens with zero attached hydrogens (tertiary/aromatic N) is 1. The van der Waals surface area contributed by atoms with Crippen molar-refractivity contribution in [3.63, 3.8) is 0 Å². The molecule has 0 spiro atoms. The lowest BCUT2D eigenvalue weighted by Gasteiger charge is -2.07. The van der Waals surface area contributed by atoms with Gasteiger partial charge in [-0.25, -0.2) is 4.39 Å². The van der Waals surface area contributed by atoms with Crippen LogP contribution in [-0.4, -0.2) is 29.9 Å². The van der Waals surface area contributed by atoms with E-state index in [9.17, 15) is 14.0 Å². The van der Waals surface area contributed by atoms with E-state index in [4.69, 9.17) is 0 Å². The number of carbonyl (C=O) groups excluding carboxylic acids is 2. The average Bonchev–Trinajstić information content (AvgIpc) is 2.61. The Bertz CT molecular complexity index is 729. The van der Waals surface area contributed by atoms with Crippen LogP contribution in [0.5, 0.6) is 0 Å². The molecule has 0 atom stereocenters. The predicted octanol–water partition coefficient (Wildman–Crippen LogP) is 2.11. The highest BCUT2D eigenvalue weighted by molar-refractivity contribution is 5.98. The van der Waals surface area contributed by atoms with E-state index in [0.29, 0.717) is 25.1 Å². The van der Waals surface area contributed by atoms with Crippen LogP contribution in [0.15, 0.2) is 55.3 Å². The van der Waals surface area contributed by atoms with Crippen LogP contribution in [0.3, 0.4) is 0 Å². The van der Waals surface area contributed by atoms with Gasteiger partial charge in [-0.1, -0.05) is 18.2 Å². The Hall–Kier alpha value is -3.02. The van der Waals surface area contributed by atoms with Crippen LogP contribution in [-0.2, 0) is 6.42 Å². The standard InChI is InChI=1S/C18H18FN3O2/c1-2-9-21-18(24)16-12-14(8-11-20-16)17(23)22-10-7-13-3-5-15(19)6-4-13/h2-6,8,11-12H,1,7,9-10H2,(H,21,24)(H,22,23). The fourth-order valence-corrected chi connectivity index (χ4v) is 2.02. The van der Waals surface area contributed by atoms with E-state index in [0.717, 1.165) is 5.56 Å². The van der Waals surface area contributed by atoms with Crippen LogP contribution in [0, 0.1) is 5.82 Å². The minimum atomic E-state index is -0.365. The van der Waals surface area contributed by atoms with Gasteiger partial charge in [0.05, 0.1) is 0 Å². The highest BCUT2D eigenvalue weighted by Crippen LogP contribution is 2.04. The van der Waals surface area contributed by atoms with Crippen molar-refractivity contribution in [3.8, 4) is 0 Å². The van der Waals surface area contributed by atoms with Gasteiger partial charge in [0.1, 0.15) is 11.5 Å². The van der Waals surface area contributed by atoms with E-state index in [2.05, 4.69) is 22.2 Å². The molecule has 6 heteroatoms. The number of carbonyl (C=O) groups is 2. The van der Waals surface area contributed by atoms with Gasteiger partial charge in [0.15, 0.2) is 0 Å². The first-order chi connectivity index (χ1) is 11.6. The summed E-state index contributed by atoms with van der Waals surface area (Å²) in [5, 5.41) is 5.37. The van der Waals surface area contributed by atoms with Crippen LogP contribution >= 0.6 is 0 Å². The number of aromatic nitrogens is 1. The molecular formula is C18H18FN3O2. The van der Waals surface area contributed by atoms with Crippen LogP contribution in [0.4, 0.5) is 4.39 Å². The summed E-state index contributed by atoms with van der Waals surface area (Å²) in [6.07, 6.45) is 3.56. The number of hydrogen-bond acceptors (Lipinski definition) is 3. The van der Waals surface area contributed by atoms with Gasteiger partial charge >= 0.3 is 0 Å². The van der Waals surface area contributed by atoms with Crippen molar-refractivity contribution < 1.29 is 14.0 Å². The molecule has 0 aliphatic heterocycles. The van der Waals surface area contributed by atoms with Gasteiger partial charge in [0.25, 0.3) is 11.8 Å². The third-order valence-corrected chi connectivity index (χ3v) is 3.27. The van der Waals surface area contributed by atoms with Gasteiger partial charge in [-0.15, -0.1) is 6.58 Å². The summed E-state index contributed by atoms with van der Waals surface area (Å²) in [6.45, 7) is 4.25. The minimum Gasteiger partial charge on any atom is -0.352 e. The molecule has 0 saturated carbocycles. The fourth-order valence-electron chi connectivity index (χ4n) is 2.02. The topological polar surface area (TPSA) is 71.1 Å². The Balaban J connectivity index is 1.91. The number of pyridine rings is 1. The minimum absolute atomic E-state index is 0.169. The molecule has 2 N–H and O–H groups in total. The zero-order valence-corrected chi connectivity index (χ0v) is 13.1. The Labute approximate surface area is 139 Å². The number of rotatable bonds is 7. The van der Waals surface area contributed by atoms with E-state index in [1.807, 2.05) is 0 Å². The van der Waals surface area contributed by atoms with E-state index in [-0.39, 0.29) is 23.3 Å². The van der Waals surface area contributed by atoms with Gasteiger partial charge < -0.3 is 10.6 Å². The molecule has 2 amide bonds. The molecule has 2 rings (SSSR count). The Kier molecular flexibility index (Phi) is 6.19. The Morgan fingerprint density at radius 2 is 1.88 bits per heavy atom. The first kappa shape index (κ1) is 17.3. The molecule has 1 aromatic heterocycles. The first-order valence-corrected chi connectivity index (χ1v) is 7.48. The second kappa shape index (κ2) is 8.57. The molecule has 2 aromatic rings. The molecule has 0 bridgehead atoms. The monoisotopic (exact) mass is 327 g/mol. The van der Waals surface area contributed by atoms with E-state index in [1.165, 1.54) is 30.5 Å². The van der Waals surface area contributed by atoms with E-state index < -0.39 is 0 Å². The zero-order chi connectivity index (χ0) is 17.4. The van der Waals surface area contributed by atoms with Crippen molar-refractivity contribution in [3.05, 3.63) is 77.9 Å². The summed E-state index contributed by atoms with van der Waals surface area (Å²) < 4.78 is 12.8. The number of hydrogen-bond donors (Lipinski definition) is 2. The molecule has 0 saturated heterocycles. The van der Waals surface area contributed by atoms with Crippen LogP contribution in [0.1, 0.15) is 26.4 Å². The summed E-state index contributed by atoms with van der Waals surface area (Å²) in [5.41, 5.74) is 1.45. The third-order valence-electron chi connectivity index (χ3n) is 3.27. The summed E-state index contributed by atoms with van der Waals surface area (Å²) in [6, 6.07) is 9.09. The van der Waals surface area contributed by atoms with Crippen molar-refractivity contribution in [1.82, 2.24) is 15.6 Å². The lowest BCUT2D eigenvalue weighted by atomic mass is 10.1. The van der Waals surface area contributed by atoms with Gasteiger partial charge in [-0.05, 0) is 36.2 Å². The maximum absolute atomic E-state index is 12.8. The summed E-state index contributed by atoms with van der Waals surface area (Å²) in [5.74, 6) is -0.949. The van der Waals surface area contributed by atoms with E-state index in [1.54, 1.807) is 18.2 Å². The van der Waals surface area contributed by atoms with Crippen LogP contribution in [0.2, 0.25) is 0 Å². The zero-order valence-electron chi connectivity index (χ0n) is 13.1. The van der Waals surface area contributed by atoms with Crippen molar-refractivity contribution in [1.29, 1.82) is 0 Å². The van der Waals surface area contributed by atoms with Gasteiger partial charge in [0, 0.05) is 24.8 Å². The molecule has 0 aliphatic carbocycles. The van der Waals surface area contributed by atoms with Crippen molar-refractivity contribution in [2.75, 3.05) is 13.1 Å². The van der Waals surface area contributed by atoms with Gasteiger partial charge in [-0.3, -0.25) is 14.6 Å². The van der Waals surface area contributed by atoms with Crippen molar-refractivity contribution in [2.45, 2.75) is 6.42 Å². The largest absolute Gasteiger partial charge is 0.352 e. The molecule has 0 unspecified atom stereocenters. The normalized spacial score (nSPS) is 10.0. The number of nitrogens with one attached hydrogen (secondary N) is 2. The lowest BCUT2D eigenvalue weighted by molar-refractivity contribution is 0.0953. The number of amides is 2. The summed E-state index contributed by atoms with van der Waals surface area (Å²) in [7, 11) is 0. The maximum atomic E-state index is 12.8. The molecule has 1 aromatic carbocycles. The summed E-state index contributed by atoms with van der Waals surface area (Å²) in [4.78, 5) is 27.9. The molecule has 24 heavy (non-hydrogen) atoms. The van der Waals surface area contributed by atoms with Gasteiger partial charge in [0.2, 0.25) is 0 Å². The molecule has 5 nitrogen and oxygen atoms in total. The first-order valence-electron chi connectivity index (χ1n) is 7.48. The highest BCUT2D eigenvalue weighted by Gasteiger charge is 2.11. The van der Waals surface area contributed by atoms with Gasteiger partial charge in [-0.2, -0.15) is 0 Å². The average molecular weight is 327 g/mol. The molecule has 0 fully saturated rings. The van der Waals surface area contributed by atoms with E-state index >= 15 is 0 Å². The fraction of sp³-hybridized carbons (Fsp3) is 0.167. The molecule has 124 valence electrons. The van der Waals surface area contributed by atoms with Crippen molar-refractivity contribution in [2.24, 2.45) is 0 Å². The summed E-state index contributed by atoms with van der Waals surface area (Å²) >= 11 is 0. The SMILES string of the molecule is C=CCNC(=O)c1cc(C(=O)NCCc2ccc(F)cc2)ccn1. The predicted molar refractivity (Wildman–Crippen MR) is 89.2 cm³/mol. The van der Waals surface area contributed by atoms with Crippen LogP contribution < -0.4 is 10.6 Å². The lowest BCUT2D eigenvalue weighted by Crippen LogP contribution is -2.27. The third kappa shape index (κ3) is 5.01. The van der Waals surface area contributed by atoms with Crippen LogP contribution in [0.25, 0.3) is 0 Å².